The lowest BCUT2D eigenvalue weighted by molar-refractivity contribution is -0.297. The number of methoxy groups -OCH3 is 1. The molecule has 1 aromatic heterocycles. The molecule has 2 aromatic carbocycles. The van der Waals surface area contributed by atoms with Crippen LogP contribution in [0.15, 0.2) is 58.6 Å². The van der Waals surface area contributed by atoms with Gasteiger partial charge in [0.15, 0.2) is 11.0 Å². The molecule has 0 saturated heterocycles. The smallest absolute Gasteiger partial charge is 0.196 e. The number of carboxylic acid groups (broad SMARTS) is 1. The van der Waals surface area contributed by atoms with Crippen LogP contribution in [0.1, 0.15) is 12.5 Å². The second-order valence-electron chi connectivity index (χ2n) is 5.73. The molecule has 3 rings (SSSR count). The van der Waals surface area contributed by atoms with Gasteiger partial charge in [0, 0.05) is 22.0 Å². The number of thioether (sulfide) groups is 1. The highest BCUT2D eigenvalue weighted by Crippen LogP contribution is 2.30. The largest absolute Gasteiger partial charge is 0.544 e. The van der Waals surface area contributed by atoms with E-state index in [9.17, 15) is 9.90 Å². The van der Waals surface area contributed by atoms with Gasteiger partial charge in [-0.05, 0) is 66.7 Å². The Morgan fingerprint density at radius 3 is 2.43 bits per heavy atom. The van der Waals surface area contributed by atoms with E-state index in [-0.39, 0.29) is 4.91 Å². The molecule has 6 nitrogen and oxygen atoms in total. The first-order chi connectivity index (χ1) is 13.5. The highest BCUT2D eigenvalue weighted by molar-refractivity contribution is 8.04. The van der Waals surface area contributed by atoms with Crippen molar-refractivity contribution in [2.75, 3.05) is 7.11 Å². The first kappa shape index (κ1) is 20.0. The van der Waals surface area contributed by atoms with Crippen molar-refractivity contribution in [3.8, 4) is 17.1 Å². The Morgan fingerprint density at radius 1 is 1.18 bits per heavy atom. The van der Waals surface area contributed by atoms with Crippen LogP contribution >= 0.6 is 23.4 Å². The quantitative estimate of drug-likeness (QED) is 0.434. The highest BCUT2D eigenvalue weighted by Gasteiger charge is 2.15. The number of aromatic nitrogens is 3. The Labute approximate surface area is 171 Å². The van der Waals surface area contributed by atoms with Gasteiger partial charge in [0.25, 0.3) is 0 Å². The number of nitrogens with zero attached hydrogens (tertiary/aromatic N) is 3. The summed E-state index contributed by atoms with van der Waals surface area (Å²) >= 11 is 6.95. The van der Waals surface area contributed by atoms with E-state index in [1.165, 1.54) is 6.08 Å². The highest BCUT2D eigenvalue weighted by atomic mass is 35.5. The number of halogens is 1. The van der Waals surface area contributed by atoms with Gasteiger partial charge in [0.05, 0.1) is 13.1 Å². The van der Waals surface area contributed by atoms with Gasteiger partial charge >= 0.3 is 0 Å². The number of carbonyl (C=O) groups is 1. The number of ether oxygens (including phenoxy) is 1. The average molecular weight is 415 g/mol. The molecule has 1 heterocycles. The molecular formula is C20H17ClN3O3S-. The number of aliphatic carboxylic acids is 1. The van der Waals surface area contributed by atoms with E-state index in [1.54, 1.807) is 43.5 Å². The number of hydrogen-bond donors (Lipinski definition) is 0. The third-order valence-corrected chi connectivity index (χ3v) is 5.19. The summed E-state index contributed by atoms with van der Waals surface area (Å²) in [4.78, 5) is 11.7. The van der Waals surface area contributed by atoms with E-state index >= 15 is 0 Å². The van der Waals surface area contributed by atoms with Crippen molar-refractivity contribution in [1.29, 1.82) is 0 Å². The van der Waals surface area contributed by atoms with E-state index in [0.29, 0.717) is 33.9 Å². The summed E-state index contributed by atoms with van der Waals surface area (Å²) in [6.07, 6.45) is 1.54. The lowest BCUT2D eigenvalue weighted by Crippen LogP contribution is -2.23. The molecule has 0 unspecified atom stereocenters. The summed E-state index contributed by atoms with van der Waals surface area (Å²) in [5.41, 5.74) is 1.56. The summed E-state index contributed by atoms with van der Waals surface area (Å²) in [6.45, 7) is 2.52. The Hall–Kier alpha value is -2.77. The van der Waals surface area contributed by atoms with Crippen LogP contribution in [0.2, 0.25) is 5.02 Å². The van der Waals surface area contributed by atoms with E-state index < -0.39 is 5.97 Å². The molecule has 0 fully saturated rings. The Bertz CT molecular complexity index is 999. The van der Waals surface area contributed by atoms with Gasteiger partial charge in [-0.1, -0.05) is 23.7 Å². The maximum atomic E-state index is 11.6. The fourth-order valence-electron chi connectivity index (χ4n) is 2.54. The molecule has 0 atom stereocenters. The fraction of sp³-hybridized carbons (Fsp3) is 0.150. The van der Waals surface area contributed by atoms with E-state index in [0.717, 1.165) is 17.3 Å². The zero-order valence-corrected chi connectivity index (χ0v) is 16.8. The summed E-state index contributed by atoms with van der Waals surface area (Å²) in [5.74, 6) is 0.0569. The van der Waals surface area contributed by atoms with E-state index in [1.807, 2.05) is 23.6 Å². The molecule has 28 heavy (non-hydrogen) atoms. The molecular weight excluding hydrogens is 398 g/mol. The molecule has 0 bridgehead atoms. The molecule has 0 amide bonds. The molecule has 0 aliphatic rings. The number of rotatable bonds is 7. The third kappa shape index (κ3) is 4.55. The standard InChI is InChI=1S/C20H18ClN3O3S/c1-3-24-18(14-6-8-15(21)9-7-14)22-23-20(24)28-17(19(25)26)12-13-4-10-16(27-2)11-5-13/h4-12H,3H2,1-2H3,(H,25,26)/p-1/b17-12+. The van der Waals surface area contributed by atoms with Gasteiger partial charge < -0.3 is 19.2 Å². The number of benzene rings is 2. The van der Waals surface area contributed by atoms with Crippen LogP contribution in [0.3, 0.4) is 0 Å². The maximum Gasteiger partial charge on any atom is 0.196 e. The predicted octanol–water partition coefficient (Wildman–Crippen LogP) is 3.51. The van der Waals surface area contributed by atoms with Crippen LogP contribution in [0.4, 0.5) is 0 Å². The molecule has 0 aliphatic heterocycles. The Kier molecular flexibility index (Phi) is 6.38. The predicted molar refractivity (Wildman–Crippen MR) is 108 cm³/mol. The topological polar surface area (TPSA) is 80.1 Å². The van der Waals surface area contributed by atoms with Gasteiger partial charge in [0.2, 0.25) is 0 Å². The van der Waals surface area contributed by atoms with Crippen LogP contribution in [0, 0.1) is 0 Å². The van der Waals surface area contributed by atoms with Crippen molar-refractivity contribution in [2.24, 2.45) is 0 Å². The van der Waals surface area contributed by atoms with Crippen molar-refractivity contribution < 1.29 is 14.6 Å². The zero-order valence-electron chi connectivity index (χ0n) is 15.3. The van der Waals surface area contributed by atoms with Gasteiger partial charge in [-0.15, -0.1) is 10.2 Å². The molecule has 0 N–H and O–H groups in total. The minimum Gasteiger partial charge on any atom is -0.544 e. The van der Waals surface area contributed by atoms with Gasteiger partial charge in [0.1, 0.15) is 5.75 Å². The maximum absolute atomic E-state index is 11.6. The van der Waals surface area contributed by atoms with Gasteiger partial charge in [-0.25, -0.2) is 0 Å². The summed E-state index contributed by atoms with van der Waals surface area (Å²) < 4.78 is 6.96. The lowest BCUT2D eigenvalue weighted by Gasteiger charge is -2.10. The molecule has 8 heteroatoms. The lowest BCUT2D eigenvalue weighted by atomic mass is 10.2. The van der Waals surface area contributed by atoms with Crippen LogP contribution in [-0.4, -0.2) is 27.8 Å². The van der Waals surface area contributed by atoms with Crippen molar-refractivity contribution in [3.63, 3.8) is 0 Å². The van der Waals surface area contributed by atoms with Crippen LogP contribution in [-0.2, 0) is 11.3 Å². The summed E-state index contributed by atoms with van der Waals surface area (Å²) in [5, 5.41) is 21.1. The second kappa shape index (κ2) is 8.95. The molecule has 0 aliphatic carbocycles. The Morgan fingerprint density at radius 2 is 1.86 bits per heavy atom. The number of carbonyl (C=O) groups excluding carboxylic acids is 1. The second-order valence-corrected chi connectivity index (χ2v) is 7.17. The molecule has 0 saturated carbocycles. The fourth-order valence-corrected chi connectivity index (χ4v) is 3.55. The van der Waals surface area contributed by atoms with Gasteiger partial charge in [-0.2, -0.15) is 0 Å². The third-order valence-electron chi connectivity index (χ3n) is 3.95. The average Bonchev–Trinajstić information content (AvgIpc) is 3.11. The van der Waals surface area contributed by atoms with Crippen molar-refractivity contribution in [2.45, 2.75) is 18.6 Å². The van der Waals surface area contributed by atoms with Crippen molar-refractivity contribution in [3.05, 3.63) is 64.0 Å². The zero-order chi connectivity index (χ0) is 20.1. The normalized spacial score (nSPS) is 11.5. The summed E-state index contributed by atoms with van der Waals surface area (Å²) in [6, 6.07) is 14.3. The molecule has 3 aromatic rings. The van der Waals surface area contributed by atoms with Crippen LogP contribution in [0.5, 0.6) is 5.75 Å². The summed E-state index contributed by atoms with van der Waals surface area (Å²) in [7, 11) is 1.57. The van der Waals surface area contributed by atoms with Crippen LogP contribution < -0.4 is 9.84 Å². The molecule has 144 valence electrons. The van der Waals surface area contributed by atoms with E-state index in [4.69, 9.17) is 16.3 Å². The molecule has 0 spiro atoms. The van der Waals surface area contributed by atoms with Crippen molar-refractivity contribution in [1.82, 2.24) is 14.8 Å². The Balaban J connectivity index is 1.92. The van der Waals surface area contributed by atoms with E-state index in [2.05, 4.69) is 10.2 Å². The first-order valence-corrected chi connectivity index (χ1v) is 9.65. The first-order valence-electron chi connectivity index (χ1n) is 8.46. The molecule has 0 radical (unpaired) electrons. The minimum atomic E-state index is -1.28. The number of carboxylic acids is 1. The SMILES string of the molecule is CCn1c(S/C(=C/c2ccc(OC)cc2)C(=O)[O-])nnc1-c1ccc(Cl)cc1. The number of hydrogen-bond acceptors (Lipinski definition) is 6. The minimum absolute atomic E-state index is 0.0370. The monoisotopic (exact) mass is 414 g/mol. The van der Waals surface area contributed by atoms with Crippen LogP contribution in [0.25, 0.3) is 17.5 Å². The van der Waals surface area contributed by atoms with Crippen molar-refractivity contribution >= 4 is 35.4 Å². The van der Waals surface area contributed by atoms with Gasteiger partial charge in [-0.3, -0.25) is 0 Å².